The molecule has 0 unspecified atom stereocenters. The largest absolute Gasteiger partial charge is 0.459 e. The number of hydrazone groups is 1. The number of nitrogens with zero attached hydrogens (tertiary/aromatic N) is 1. The molecule has 27 heavy (non-hydrogen) atoms. The van der Waals surface area contributed by atoms with Gasteiger partial charge in [-0.15, -0.1) is 0 Å². The first kappa shape index (κ1) is 18.7. The molecular formula is C19H13Cl2N3O3. The number of rotatable bonds is 5. The zero-order valence-corrected chi connectivity index (χ0v) is 15.3. The number of anilines is 1. The normalized spacial score (nSPS) is 10.7. The topological polar surface area (TPSA) is 83.7 Å². The SMILES string of the molecule is O=C(Nc1ccccc1C(=O)N/N=C\c1ccc(Cl)c(Cl)c1)c1ccco1. The van der Waals surface area contributed by atoms with E-state index in [2.05, 4.69) is 15.8 Å². The lowest BCUT2D eigenvalue weighted by atomic mass is 10.1. The third-order valence-corrected chi connectivity index (χ3v) is 4.23. The van der Waals surface area contributed by atoms with E-state index in [4.69, 9.17) is 27.6 Å². The number of hydrogen-bond acceptors (Lipinski definition) is 4. The monoisotopic (exact) mass is 401 g/mol. The van der Waals surface area contributed by atoms with Crippen LogP contribution in [-0.4, -0.2) is 18.0 Å². The molecular weight excluding hydrogens is 389 g/mol. The Morgan fingerprint density at radius 2 is 1.78 bits per heavy atom. The first-order valence-electron chi connectivity index (χ1n) is 7.77. The molecule has 0 aliphatic heterocycles. The van der Waals surface area contributed by atoms with Gasteiger partial charge in [0.1, 0.15) is 0 Å². The minimum Gasteiger partial charge on any atom is -0.459 e. The number of carbonyl (C=O) groups excluding carboxylic acids is 2. The summed E-state index contributed by atoms with van der Waals surface area (Å²) in [7, 11) is 0. The summed E-state index contributed by atoms with van der Waals surface area (Å²) in [5.41, 5.74) is 3.67. The van der Waals surface area contributed by atoms with Gasteiger partial charge in [0, 0.05) is 0 Å². The zero-order valence-electron chi connectivity index (χ0n) is 13.8. The molecule has 3 aromatic rings. The molecule has 1 heterocycles. The molecule has 2 amide bonds. The molecule has 0 aliphatic rings. The van der Waals surface area contributed by atoms with Crippen LogP contribution >= 0.6 is 23.2 Å². The maximum absolute atomic E-state index is 12.4. The standard InChI is InChI=1S/C19H13Cl2N3O3/c20-14-8-7-12(10-15(14)21)11-22-24-18(25)13-4-1-2-5-16(13)23-19(26)17-6-3-9-27-17/h1-11H,(H,23,26)(H,24,25)/b22-11-. The predicted molar refractivity (Wildman–Crippen MR) is 105 cm³/mol. The number of nitrogens with one attached hydrogen (secondary N) is 2. The van der Waals surface area contributed by atoms with E-state index in [9.17, 15) is 9.59 Å². The molecule has 0 radical (unpaired) electrons. The summed E-state index contributed by atoms with van der Waals surface area (Å²) in [4.78, 5) is 24.5. The van der Waals surface area contributed by atoms with Gasteiger partial charge < -0.3 is 9.73 Å². The van der Waals surface area contributed by atoms with E-state index in [-0.39, 0.29) is 11.3 Å². The van der Waals surface area contributed by atoms with Crippen LogP contribution in [0.1, 0.15) is 26.5 Å². The van der Waals surface area contributed by atoms with Gasteiger partial charge in [-0.2, -0.15) is 5.10 Å². The van der Waals surface area contributed by atoms with Crippen LogP contribution in [0, 0.1) is 0 Å². The molecule has 2 aromatic carbocycles. The lowest BCUT2D eigenvalue weighted by Crippen LogP contribution is -2.21. The minimum atomic E-state index is -0.485. The van der Waals surface area contributed by atoms with E-state index in [0.29, 0.717) is 21.3 Å². The number of hydrogen-bond donors (Lipinski definition) is 2. The quantitative estimate of drug-likeness (QED) is 0.483. The number of benzene rings is 2. The van der Waals surface area contributed by atoms with Crippen LogP contribution in [0.3, 0.4) is 0 Å². The van der Waals surface area contributed by atoms with Crippen molar-refractivity contribution in [2.24, 2.45) is 5.10 Å². The van der Waals surface area contributed by atoms with E-state index in [1.807, 2.05) is 0 Å². The molecule has 3 rings (SSSR count). The minimum absolute atomic E-state index is 0.142. The summed E-state index contributed by atoms with van der Waals surface area (Å²) in [6.07, 6.45) is 2.83. The first-order valence-corrected chi connectivity index (χ1v) is 8.52. The molecule has 136 valence electrons. The number of amides is 2. The van der Waals surface area contributed by atoms with Crippen LogP contribution in [0.4, 0.5) is 5.69 Å². The Morgan fingerprint density at radius 3 is 2.52 bits per heavy atom. The van der Waals surface area contributed by atoms with Crippen molar-refractivity contribution in [2.45, 2.75) is 0 Å². The Balaban J connectivity index is 1.70. The summed E-state index contributed by atoms with van der Waals surface area (Å²) >= 11 is 11.8. The van der Waals surface area contributed by atoms with Gasteiger partial charge in [-0.25, -0.2) is 5.43 Å². The Bertz CT molecular complexity index is 1000. The zero-order chi connectivity index (χ0) is 19.2. The molecule has 6 nitrogen and oxygen atoms in total. The molecule has 0 saturated heterocycles. The Labute approximate surface area is 164 Å². The molecule has 1 aromatic heterocycles. The van der Waals surface area contributed by atoms with Gasteiger partial charge in [-0.3, -0.25) is 9.59 Å². The van der Waals surface area contributed by atoms with Crippen molar-refractivity contribution < 1.29 is 14.0 Å². The second-order valence-electron chi connectivity index (χ2n) is 5.35. The second-order valence-corrected chi connectivity index (χ2v) is 6.16. The van der Waals surface area contributed by atoms with Crippen molar-refractivity contribution in [3.05, 3.63) is 87.8 Å². The van der Waals surface area contributed by atoms with E-state index >= 15 is 0 Å². The van der Waals surface area contributed by atoms with Crippen molar-refractivity contribution >= 4 is 46.9 Å². The summed E-state index contributed by atoms with van der Waals surface area (Å²) < 4.78 is 5.04. The molecule has 0 fully saturated rings. The van der Waals surface area contributed by atoms with Crippen molar-refractivity contribution in [3.63, 3.8) is 0 Å². The molecule has 0 spiro atoms. The van der Waals surface area contributed by atoms with Gasteiger partial charge in [-0.1, -0.05) is 41.4 Å². The first-order chi connectivity index (χ1) is 13.0. The Kier molecular flexibility index (Phi) is 5.90. The molecule has 0 bridgehead atoms. The third-order valence-electron chi connectivity index (χ3n) is 3.49. The summed E-state index contributed by atoms with van der Waals surface area (Å²) in [6, 6.07) is 14.7. The fraction of sp³-hybridized carbons (Fsp3) is 0. The summed E-state index contributed by atoms with van der Waals surface area (Å²) in [6.45, 7) is 0. The lowest BCUT2D eigenvalue weighted by Gasteiger charge is -2.08. The fourth-order valence-corrected chi connectivity index (χ4v) is 2.51. The van der Waals surface area contributed by atoms with Gasteiger partial charge in [-0.05, 0) is 42.0 Å². The fourth-order valence-electron chi connectivity index (χ4n) is 2.20. The van der Waals surface area contributed by atoms with Crippen LogP contribution < -0.4 is 10.7 Å². The van der Waals surface area contributed by atoms with Crippen molar-refractivity contribution in [2.75, 3.05) is 5.32 Å². The molecule has 8 heteroatoms. The summed E-state index contributed by atoms with van der Waals surface area (Å²) in [5, 5.41) is 7.36. The van der Waals surface area contributed by atoms with Gasteiger partial charge in [0.25, 0.3) is 11.8 Å². The van der Waals surface area contributed by atoms with Crippen LogP contribution in [0.15, 0.2) is 70.4 Å². The predicted octanol–water partition coefficient (Wildman–Crippen LogP) is 4.60. The van der Waals surface area contributed by atoms with E-state index in [1.165, 1.54) is 18.5 Å². The maximum Gasteiger partial charge on any atom is 0.291 e. The van der Waals surface area contributed by atoms with Crippen molar-refractivity contribution in [3.8, 4) is 0 Å². The van der Waals surface area contributed by atoms with E-state index in [1.54, 1.807) is 48.5 Å². The number of carbonyl (C=O) groups is 2. The number of halogens is 2. The van der Waals surface area contributed by atoms with Crippen LogP contribution in [0.25, 0.3) is 0 Å². The van der Waals surface area contributed by atoms with Crippen LogP contribution in [-0.2, 0) is 0 Å². The molecule has 0 saturated carbocycles. The van der Waals surface area contributed by atoms with Gasteiger partial charge >= 0.3 is 0 Å². The average molecular weight is 402 g/mol. The second kappa shape index (κ2) is 8.53. The van der Waals surface area contributed by atoms with Crippen LogP contribution in [0.2, 0.25) is 10.0 Å². The smallest absolute Gasteiger partial charge is 0.291 e. The van der Waals surface area contributed by atoms with Gasteiger partial charge in [0.2, 0.25) is 0 Å². The average Bonchev–Trinajstić information content (AvgIpc) is 3.20. The third kappa shape index (κ3) is 4.75. The Morgan fingerprint density at radius 1 is 0.963 bits per heavy atom. The highest BCUT2D eigenvalue weighted by atomic mass is 35.5. The molecule has 0 aliphatic carbocycles. The Hall–Kier alpha value is -3.09. The van der Waals surface area contributed by atoms with Gasteiger partial charge in [0.05, 0.1) is 33.8 Å². The van der Waals surface area contributed by atoms with Gasteiger partial charge in [0.15, 0.2) is 5.76 Å². The summed E-state index contributed by atoms with van der Waals surface area (Å²) in [5.74, 6) is -0.802. The van der Waals surface area contributed by atoms with Crippen LogP contribution in [0.5, 0.6) is 0 Å². The maximum atomic E-state index is 12.4. The highest BCUT2D eigenvalue weighted by Gasteiger charge is 2.15. The van der Waals surface area contributed by atoms with Crippen molar-refractivity contribution in [1.29, 1.82) is 0 Å². The number of furan rings is 1. The lowest BCUT2D eigenvalue weighted by molar-refractivity contribution is 0.0956. The molecule has 0 atom stereocenters. The number of para-hydroxylation sites is 1. The van der Waals surface area contributed by atoms with E-state index < -0.39 is 11.8 Å². The van der Waals surface area contributed by atoms with E-state index in [0.717, 1.165) is 0 Å². The highest BCUT2D eigenvalue weighted by Crippen LogP contribution is 2.22. The van der Waals surface area contributed by atoms with Crippen molar-refractivity contribution in [1.82, 2.24) is 5.43 Å². The highest BCUT2D eigenvalue weighted by molar-refractivity contribution is 6.42. The molecule has 2 N–H and O–H groups in total.